The average molecular weight is 373 g/mol. The molecule has 0 radical (unpaired) electrons. The molecule has 98 valence electrons. The first kappa shape index (κ1) is 13.5. The number of anilines is 2. The Morgan fingerprint density at radius 2 is 2.05 bits per heavy atom. The minimum absolute atomic E-state index is 0.0811. The van der Waals surface area contributed by atoms with E-state index in [4.69, 9.17) is 5.73 Å². The fraction of sp³-hybridized carbons (Fsp3) is 0. The van der Waals surface area contributed by atoms with Gasteiger partial charge in [-0.25, -0.2) is 4.39 Å². The topological polar surface area (TPSA) is 88.0 Å². The Morgan fingerprint density at radius 1 is 1.32 bits per heavy atom. The van der Waals surface area contributed by atoms with Crippen molar-refractivity contribution in [3.05, 3.63) is 55.8 Å². The number of H-pyrrole nitrogens is 1. The third-order valence-corrected chi connectivity index (χ3v) is 3.06. The van der Waals surface area contributed by atoms with Crippen LogP contribution in [0.25, 0.3) is 0 Å². The molecule has 0 aliphatic carbocycles. The number of primary amides is 1. The lowest BCUT2D eigenvalue weighted by molar-refractivity contribution is 0.100. The molecule has 0 unspecified atom stereocenters. The van der Waals surface area contributed by atoms with Crippen molar-refractivity contribution in [2.24, 2.45) is 5.73 Å². The predicted octanol–water partition coefficient (Wildman–Crippen LogP) is 1.96. The summed E-state index contributed by atoms with van der Waals surface area (Å²) in [7, 11) is 0. The summed E-state index contributed by atoms with van der Waals surface area (Å²) in [6.07, 6.45) is 1.19. The maximum Gasteiger partial charge on any atom is 0.252 e. The average Bonchev–Trinajstić information content (AvgIpc) is 2.32. The van der Waals surface area contributed by atoms with Crippen molar-refractivity contribution < 1.29 is 9.18 Å². The highest BCUT2D eigenvalue weighted by molar-refractivity contribution is 14.1. The maximum atomic E-state index is 13.7. The molecule has 4 N–H and O–H groups in total. The number of hydrogen-bond donors (Lipinski definition) is 3. The van der Waals surface area contributed by atoms with Crippen LogP contribution in [0.3, 0.4) is 0 Å². The number of carbonyl (C=O) groups is 1. The second kappa shape index (κ2) is 5.39. The highest BCUT2D eigenvalue weighted by atomic mass is 127. The van der Waals surface area contributed by atoms with Gasteiger partial charge in [0.25, 0.3) is 5.91 Å². The van der Waals surface area contributed by atoms with Gasteiger partial charge in [-0.1, -0.05) is 0 Å². The van der Waals surface area contributed by atoms with Crippen molar-refractivity contribution in [3.63, 3.8) is 0 Å². The molecule has 0 aliphatic heterocycles. The fourth-order valence-corrected chi connectivity index (χ4v) is 1.97. The van der Waals surface area contributed by atoms with Crippen LogP contribution < -0.4 is 16.6 Å². The standard InChI is InChI=1S/C12H9FIN3O2/c13-8-3-6(14)1-2-9(8)17-10-4-11(18)16-5-7(10)12(15)19/h1-5H,(H2,15,19)(H2,16,17,18). The SMILES string of the molecule is NC(=O)c1c[nH]c(=O)cc1Nc1ccc(I)cc1F. The highest BCUT2D eigenvalue weighted by Gasteiger charge is 2.11. The van der Waals surface area contributed by atoms with Crippen LogP contribution in [0.15, 0.2) is 35.3 Å². The number of rotatable bonds is 3. The van der Waals surface area contributed by atoms with Gasteiger partial charge in [0.1, 0.15) is 5.82 Å². The molecule has 0 saturated carbocycles. The number of benzene rings is 1. The van der Waals surface area contributed by atoms with Crippen molar-refractivity contribution >= 4 is 39.9 Å². The van der Waals surface area contributed by atoms with Crippen LogP contribution in [0.2, 0.25) is 0 Å². The summed E-state index contributed by atoms with van der Waals surface area (Å²) in [5, 5.41) is 2.69. The lowest BCUT2D eigenvalue weighted by Crippen LogP contribution is -2.17. The van der Waals surface area contributed by atoms with Crippen molar-refractivity contribution in [2.45, 2.75) is 0 Å². The number of carbonyl (C=O) groups excluding carboxylic acids is 1. The summed E-state index contributed by atoms with van der Waals surface area (Å²) in [4.78, 5) is 24.8. The van der Waals surface area contributed by atoms with Gasteiger partial charge in [0.2, 0.25) is 5.56 Å². The number of hydrogen-bond acceptors (Lipinski definition) is 3. The summed E-state index contributed by atoms with van der Waals surface area (Å²) in [6, 6.07) is 5.70. The van der Waals surface area contributed by atoms with Gasteiger partial charge >= 0.3 is 0 Å². The zero-order valence-electron chi connectivity index (χ0n) is 9.54. The van der Waals surface area contributed by atoms with Crippen LogP contribution in [0.4, 0.5) is 15.8 Å². The molecule has 5 nitrogen and oxygen atoms in total. The molecule has 2 rings (SSSR count). The predicted molar refractivity (Wildman–Crippen MR) is 78.0 cm³/mol. The van der Waals surface area contributed by atoms with Gasteiger partial charge in [-0.05, 0) is 40.8 Å². The second-order valence-electron chi connectivity index (χ2n) is 3.74. The second-order valence-corrected chi connectivity index (χ2v) is 4.98. The molecular weight excluding hydrogens is 364 g/mol. The number of amides is 1. The van der Waals surface area contributed by atoms with E-state index >= 15 is 0 Å². The third kappa shape index (κ3) is 3.11. The largest absolute Gasteiger partial charge is 0.365 e. The summed E-state index contributed by atoms with van der Waals surface area (Å²) in [5.74, 6) is -1.20. The zero-order valence-corrected chi connectivity index (χ0v) is 11.7. The first-order valence-electron chi connectivity index (χ1n) is 5.22. The monoisotopic (exact) mass is 373 g/mol. The van der Waals surface area contributed by atoms with Gasteiger partial charge in [-0.2, -0.15) is 0 Å². The van der Waals surface area contributed by atoms with Gasteiger partial charge in [-0.3, -0.25) is 9.59 Å². The quantitative estimate of drug-likeness (QED) is 0.719. The van der Waals surface area contributed by atoms with Crippen molar-refractivity contribution in [1.82, 2.24) is 4.98 Å². The van der Waals surface area contributed by atoms with Gasteiger partial charge in [0, 0.05) is 15.8 Å². The molecule has 0 atom stereocenters. The molecule has 0 bridgehead atoms. The van der Waals surface area contributed by atoms with E-state index < -0.39 is 17.3 Å². The van der Waals surface area contributed by atoms with Gasteiger partial charge in [-0.15, -0.1) is 0 Å². The molecule has 1 aromatic heterocycles. The summed E-state index contributed by atoms with van der Waals surface area (Å²) in [5.41, 5.74) is 5.17. The Balaban J connectivity index is 2.45. The highest BCUT2D eigenvalue weighted by Crippen LogP contribution is 2.22. The van der Waals surface area contributed by atoms with Gasteiger partial charge in [0.15, 0.2) is 0 Å². The van der Waals surface area contributed by atoms with E-state index in [1.165, 1.54) is 18.3 Å². The molecular formula is C12H9FIN3O2. The van der Waals surface area contributed by atoms with E-state index in [2.05, 4.69) is 10.3 Å². The van der Waals surface area contributed by atoms with E-state index in [1.807, 2.05) is 22.6 Å². The molecule has 19 heavy (non-hydrogen) atoms. The Morgan fingerprint density at radius 3 is 2.68 bits per heavy atom. The van der Waals surface area contributed by atoms with Crippen molar-refractivity contribution in [1.29, 1.82) is 0 Å². The van der Waals surface area contributed by atoms with Crippen molar-refractivity contribution in [3.8, 4) is 0 Å². The van der Waals surface area contributed by atoms with E-state index in [0.717, 1.165) is 9.64 Å². The van der Waals surface area contributed by atoms with Crippen LogP contribution >= 0.6 is 22.6 Å². The van der Waals surface area contributed by atoms with E-state index in [9.17, 15) is 14.0 Å². The molecule has 0 saturated heterocycles. The smallest absolute Gasteiger partial charge is 0.252 e. The number of nitrogens with one attached hydrogen (secondary N) is 2. The zero-order chi connectivity index (χ0) is 14.0. The Hall–Kier alpha value is -1.90. The fourth-order valence-electron chi connectivity index (χ4n) is 1.51. The number of nitrogens with two attached hydrogens (primary N) is 1. The number of halogens is 2. The van der Waals surface area contributed by atoms with E-state index in [1.54, 1.807) is 6.07 Å². The first-order valence-corrected chi connectivity index (χ1v) is 6.30. The lowest BCUT2D eigenvalue weighted by atomic mass is 10.2. The Labute approximate surface area is 121 Å². The lowest BCUT2D eigenvalue weighted by Gasteiger charge is -2.10. The molecule has 7 heteroatoms. The number of pyridine rings is 1. The molecule has 2 aromatic rings. The van der Waals surface area contributed by atoms with Gasteiger partial charge < -0.3 is 16.0 Å². The van der Waals surface area contributed by atoms with Gasteiger partial charge in [0.05, 0.1) is 16.9 Å². The minimum Gasteiger partial charge on any atom is -0.365 e. The molecule has 0 spiro atoms. The Kier molecular flexibility index (Phi) is 3.84. The van der Waals surface area contributed by atoms with E-state index in [0.29, 0.717) is 0 Å². The summed E-state index contributed by atoms with van der Waals surface area (Å²) >= 11 is 1.98. The normalized spacial score (nSPS) is 10.2. The van der Waals surface area contributed by atoms with Crippen LogP contribution in [0.5, 0.6) is 0 Å². The number of aromatic amines is 1. The number of aromatic nitrogens is 1. The van der Waals surface area contributed by atoms with Crippen molar-refractivity contribution in [2.75, 3.05) is 5.32 Å². The minimum atomic E-state index is -0.718. The Bertz CT molecular complexity index is 700. The molecule has 0 aliphatic rings. The molecule has 1 aromatic carbocycles. The first-order chi connectivity index (χ1) is 8.97. The van der Waals surface area contributed by atoms with E-state index in [-0.39, 0.29) is 16.9 Å². The van der Waals surface area contributed by atoms with Crippen LogP contribution in [0, 0.1) is 9.39 Å². The van der Waals surface area contributed by atoms with Crippen LogP contribution in [-0.2, 0) is 0 Å². The molecule has 1 amide bonds. The third-order valence-electron chi connectivity index (χ3n) is 2.39. The van der Waals surface area contributed by atoms with Crippen LogP contribution in [0.1, 0.15) is 10.4 Å². The summed E-state index contributed by atoms with van der Waals surface area (Å²) < 4.78 is 14.4. The summed E-state index contributed by atoms with van der Waals surface area (Å²) in [6.45, 7) is 0. The molecule has 0 fully saturated rings. The molecule has 1 heterocycles. The maximum absolute atomic E-state index is 13.7. The van der Waals surface area contributed by atoms with Crippen LogP contribution in [-0.4, -0.2) is 10.9 Å².